The van der Waals surface area contributed by atoms with Gasteiger partial charge in [0.05, 0.1) is 16.4 Å². The predicted octanol–water partition coefficient (Wildman–Crippen LogP) is 2.47. The number of nitrogen functional groups attached to an aromatic ring is 2. The number of rotatable bonds is 0. The van der Waals surface area contributed by atoms with Crippen LogP contribution in [0.3, 0.4) is 0 Å². The topological polar surface area (TPSA) is 52.0 Å². The van der Waals surface area contributed by atoms with Crippen LogP contribution in [-0.4, -0.2) is 0 Å². The molecule has 0 aliphatic carbocycles. The number of halogens is 2. The molecule has 0 heterocycles. The second kappa shape index (κ2) is 2.80. The molecule has 4 heteroatoms. The lowest BCUT2D eigenvalue weighted by Gasteiger charge is -2.06. The van der Waals surface area contributed by atoms with Crippen LogP contribution in [-0.2, 0) is 0 Å². The highest BCUT2D eigenvalue weighted by Crippen LogP contribution is 2.33. The average molecular weight is 191 g/mol. The van der Waals surface area contributed by atoms with Gasteiger partial charge < -0.3 is 11.5 Å². The van der Waals surface area contributed by atoms with Crippen molar-refractivity contribution in [3.63, 3.8) is 0 Å². The maximum Gasteiger partial charge on any atom is 0.0740 e. The third-order valence-corrected chi connectivity index (χ3v) is 2.40. The molecule has 1 aromatic rings. The van der Waals surface area contributed by atoms with Crippen molar-refractivity contribution in [2.24, 2.45) is 0 Å². The zero-order valence-corrected chi connectivity index (χ0v) is 7.50. The van der Waals surface area contributed by atoms with Crippen molar-refractivity contribution < 1.29 is 0 Å². The summed E-state index contributed by atoms with van der Waals surface area (Å²) < 4.78 is 0. The van der Waals surface area contributed by atoms with Gasteiger partial charge in [-0.3, -0.25) is 0 Å². The molecule has 0 saturated heterocycles. The fourth-order valence-corrected chi connectivity index (χ4v) is 1.23. The monoisotopic (exact) mass is 190 g/mol. The first-order valence-electron chi connectivity index (χ1n) is 3.03. The average Bonchev–Trinajstić information content (AvgIpc) is 1.97. The molecule has 0 aliphatic heterocycles. The summed E-state index contributed by atoms with van der Waals surface area (Å²) in [5.41, 5.74) is 12.6. The van der Waals surface area contributed by atoms with Gasteiger partial charge in [0.15, 0.2) is 0 Å². The molecular formula is C7H8Cl2N2. The summed E-state index contributed by atoms with van der Waals surface area (Å²) in [5, 5.41) is 0.983. The molecule has 4 N–H and O–H groups in total. The Morgan fingerprint density at radius 1 is 1.27 bits per heavy atom. The largest absolute Gasteiger partial charge is 0.397 e. The standard InChI is InChI=1S/C7H8Cl2N2/c1-3-4(8)2-5(10)7(11)6(3)9/h2H,10-11H2,1H3. The Labute approximate surface area is 75.1 Å². The lowest BCUT2D eigenvalue weighted by molar-refractivity contribution is 1.47. The van der Waals surface area contributed by atoms with Gasteiger partial charge in [-0.25, -0.2) is 0 Å². The summed E-state index contributed by atoms with van der Waals surface area (Å²) in [7, 11) is 0. The zero-order chi connectivity index (χ0) is 8.59. The second-order valence-electron chi connectivity index (χ2n) is 2.30. The van der Waals surface area contributed by atoms with Crippen LogP contribution in [0.4, 0.5) is 11.4 Å². The van der Waals surface area contributed by atoms with Crippen LogP contribution in [0.5, 0.6) is 0 Å². The number of benzene rings is 1. The van der Waals surface area contributed by atoms with Gasteiger partial charge in [0.2, 0.25) is 0 Å². The van der Waals surface area contributed by atoms with Crippen molar-refractivity contribution in [3.8, 4) is 0 Å². The maximum atomic E-state index is 5.80. The highest BCUT2D eigenvalue weighted by molar-refractivity contribution is 6.38. The summed E-state index contributed by atoms with van der Waals surface area (Å²) >= 11 is 11.6. The Hall–Kier alpha value is -0.600. The lowest BCUT2D eigenvalue weighted by Crippen LogP contribution is -1.97. The summed E-state index contributed by atoms with van der Waals surface area (Å²) in [5.74, 6) is 0. The van der Waals surface area contributed by atoms with E-state index in [1.165, 1.54) is 0 Å². The molecular weight excluding hydrogens is 183 g/mol. The zero-order valence-electron chi connectivity index (χ0n) is 5.99. The van der Waals surface area contributed by atoms with Crippen molar-refractivity contribution in [1.29, 1.82) is 0 Å². The Morgan fingerprint density at radius 3 is 2.36 bits per heavy atom. The SMILES string of the molecule is Cc1c(Cl)cc(N)c(N)c1Cl. The number of hydrogen-bond acceptors (Lipinski definition) is 2. The first-order chi connectivity index (χ1) is 5.04. The second-order valence-corrected chi connectivity index (χ2v) is 3.09. The Morgan fingerprint density at radius 2 is 1.82 bits per heavy atom. The third-order valence-electron chi connectivity index (χ3n) is 1.52. The Kier molecular flexibility index (Phi) is 2.16. The molecule has 0 spiro atoms. The van der Waals surface area contributed by atoms with Crippen LogP contribution in [0.2, 0.25) is 10.0 Å². The quantitative estimate of drug-likeness (QED) is 0.618. The first-order valence-corrected chi connectivity index (χ1v) is 3.79. The van der Waals surface area contributed by atoms with Gasteiger partial charge in [-0.1, -0.05) is 23.2 Å². The van der Waals surface area contributed by atoms with E-state index in [0.717, 1.165) is 5.56 Å². The molecule has 1 rings (SSSR count). The molecule has 11 heavy (non-hydrogen) atoms. The summed E-state index contributed by atoms with van der Waals surface area (Å²) in [4.78, 5) is 0. The van der Waals surface area contributed by atoms with E-state index in [4.69, 9.17) is 34.7 Å². The summed E-state index contributed by atoms with van der Waals surface area (Å²) in [6.07, 6.45) is 0. The molecule has 0 radical (unpaired) electrons. The number of hydrogen-bond donors (Lipinski definition) is 2. The molecule has 0 unspecified atom stereocenters. The van der Waals surface area contributed by atoms with Crippen LogP contribution in [0.1, 0.15) is 5.56 Å². The van der Waals surface area contributed by atoms with Gasteiger partial charge in [-0.2, -0.15) is 0 Å². The van der Waals surface area contributed by atoms with Crippen molar-refractivity contribution in [2.75, 3.05) is 11.5 Å². The van der Waals surface area contributed by atoms with Gasteiger partial charge in [-0.05, 0) is 18.6 Å². The van der Waals surface area contributed by atoms with Crippen molar-refractivity contribution in [3.05, 3.63) is 21.7 Å². The molecule has 0 atom stereocenters. The van der Waals surface area contributed by atoms with Crippen LogP contribution in [0, 0.1) is 6.92 Å². The molecule has 0 aliphatic rings. The van der Waals surface area contributed by atoms with Gasteiger partial charge in [0.1, 0.15) is 0 Å². The molecule has 0 amide bonds. The fraction of sp³-hybridized carbons (Fsp3) is 0.143. The smallest absolute Gasteiger partial charge is 0.0740 e. The maximum absolute atomic E-state index is 5.80. The molecule has 60 valence electrons. The van der Waals surface area contributed by atoms with E-state index in [-0.39, 0.29) is 0 Å². The van der Waals surface area contributed by atoms with E-state index < -0.39 is 0 Å². The van der Waals surface area contributed by atoms with E-state index in [0.29, 0.717) is 21.4 Å². The van der Waals surface area contributed by atoms with Crippen molar-refractivity contribution in [1.82, 2.24) is 0 Å². The fourth-order valence-electron chi connectivity index (χ4n) is 0.756. The molecule has 0 bridgehead atoms. The van der Waals surface area contributed by atoms with Gasteiger partial charge in [0.25, 0.3) is 0 Å². The summed E-state index contributed by atoms with van der Waals surface area (Å²) in [6.45, 7) is 1.79. The van der Waals surface area contributed by atoms with Gasteiger partial charge in [0, 0.05) is 5.02 Å². The molecule has 0 fully saturated rings. The predicted molar refractivity (Wildman–Crippen MR) is 50.0 cm³/mol. The third kappa shape index (κ3) is 1.37. The minimum absolute atomic E-state index is 0.397. The van der Waals surface area contributed by atoms with Crippen molar-refractivity contribution >= 4 is 34.6 Å². The minimum Gasteiger partial charge on any atom is -0.397 e. The number of nitrogens with two attached hydrogens (primary N) is 2. The number of anilines is 2. The van der Waals surface area contributed by atoms with Crippen LogP contribution in [0.15, 0.2) is 6.07 Å². The van der Waals surface area contributed by atoms with E-state index >= 15 is 0 Å². The Bertz CT molecular complexity index is 271. The molecule has 0 saturated carbocycles. The van der Waals surface area contributed by atoms with Crippen LogP contribution < -0.4 is 11.5 Å². The van der Waals surface area contributed by atoms with Gasteiger partial charge >= 0.3 is 0 Å². The molecule has 1 aromatic carbocycles. The van der Waals surface area contributed by atoms with E-state index in [2.05, 4.69) is 0 Å². The molecule has 2 nitrogen and oxygen atoms in total. The van der Waals surface area contributed by atoms with Crippen molar-refractivity contribution in [2.45, 2.75) is 6.92 Å². The summed E-state index contributed by atoms with van der Waals surface area (Å²) in [6, 6.07) is 1.60. The van der Waals surface area contributed by atoms with Gasteiger partial charge in [-0.15, -0.1) is 0 Å². The minimum atomic E-state index is 0.397. The van der Waals surface area contributed by atoms with Crippen LogP contribution >= 0.6 is 23.2 Å². The first kappa shape index (κ1) is 8.50. The highest BCUT2D eigenvalue weighted by atomic mass is 35.5. The van der Waals surface area contributed by atoms with E-state index in [1.54, 1.807) is 13.0 Å². The van der Waals surface area contributed by atoms with E-state index in [1.807, 2.05) is 0 Å². The van der Waals surface area contributed by atoms with E-state index in [9.17, 15) is 0 Å². The molecule has 0 aromatic heterocycles. The normalized spacial score (nSPS) is 10.1. The lowest BCUT2D eigenvalue weighted by atomic mass is 10.2. The highest BCUT2D eigenvalue weighted by Gasteiger charge is 2.07. The Balaban J connectivity index is 3.46. The van der Waals surface area contributed by atoms with Crippen LogP contribution in [0.25, 0.3) is 0 Å².